The van der Waals surface area contributed by atoms with Crippen molar-refractivity contribution < 1.29 is 24.5 Å². The van der Waals surface area contributed by atoms with E-state index in [9.17, 15) is 19.8 Å². The molecule has 2 aromatic carbocycles. The molecular formula is C23H22O5. The minimum atomic E-state index is -0.733. The summed E-state index contributed by atoms with van der Waals surface area (Å²) in [5.41, 5.74) is 0.974. The number of rotatable bonds is 1. The minimum absolute atomic E-state index is 0.0958. The average molecular weight is 378 g/mol. The highest BCUT2D eigenvalue weighted by Gasteiger charge is 2.24. The lowest BCUT2D eigenvalue weighted by atomic mass is 9.99. The van der Waals surface area contributed by atoms with Crippen molar-refractivity contribution in [2.75, 3.05) is 0 Å². The first-order valence-corrected chi connectivity index (χ1v) is 9.19. The highest BCUT2D eigenvalue weighted by Crippen LogP contribution is 2.31. The number of phenols is 2. The maximum Gasteiger partial charge on any atom is 0.342 e. The third-order valence-corrected chi connectivity index (χ3v) is 4.49. The van der Waals surface area contributed by atoms with Gasteiger partial charge in [0, 0.05) is 18.9 Å². The zero-order valence-electron chi connectivity index (χ0n) is 15.4. The van der Waals surface area contributed by atoms with Crippen LogP contribution in [-0.2, 0) is 16.0 Å². The van der Waals surface area contributed by atoms with Crippen molar-refractivity contribution in [2.24, 2.45) is 0 Å². The van der Waals surface area contributed by atoms with Crippen molar-refractivity contribution in [1.82, 2.24) is 0 Å². The zero-order valence-corrected chi connectivity index (χ0v) is 15.4. The van der Waals surface area contributed by atoms with Crippen LogP contribution in [0.2, 0.25) is 0 Å². The number of hydrogen-bond acceptors (Lipinski definition) is 5. The Morgan fingerprint density at radius 1 is 0.929 bits per heavy atom. The number of carbonyl (C=O) groups excluding carboxylic acids is 2. The highest BCUT2D eigenvalue weighted by atomic mass is 16.5. The van der Waals surface area contributed by atoms with Crippen LogP contribution in [0.25, 0.3) is 0 Å². The smallest absolute Gasteiger partial charge is 0.342 e. The largest absolute Gasteiger partial charge is 0.508 e. The molecule has 5 nitrogen and oxygen atoms in total. The predicted molar refractivity (Wildman–Crippen MR) is 105 cm³/mol. The third-order valence-electron chi connectivity index (χ3n) is 4.49. The van der Waals surface area contributed by atoms with Crippen molar-refractivity contribution in [3.8, 4) is 11.5 Å². The van der Waals surface area contributed by atoms with Gasteiger partial charge in [-0.05, 0) is 36.1 Å². The Kier molecular flexibility index (Phi) is 6.27. The number of carbonyl (C=O) groups is 2. The van der Waals surface area contributed by atoms with Crippen molar-refractivity contribution in [3.63, 3.8) is 0 Å². The van der Waals surface area contributed by atoms with E-state index in [2.05, 4.69) is 0 Å². The molecule has 0 bridgehead atoms. The first-order valence-electron chi connectivity index (χ1n) is 9.19. The maximum absolute atomic E-state index is 12.9. The summed E-state index contributed by atoms with van der Waals surface area (Å²) in [6.07, 6.45) is 8.53. The normalized spacial score (nSPS) is 20.5. The van der Waals surface area contributed by atoms with Gasteiger partial charge < -0.3 is 14.9 Å². The molecule has 1 aliphatic rings. The van der Waals surface area contributed by atoms with Gasteiger partial charge in [0.25, 0.3) is 0 Å². The number of fused-ring (bicyclic) bond motifs is 1. The number of hydrogen-bond donors (Lipinski definition) is 2. The van der Waals surface area contributed by atoms with E-state index in [1.54, 1.807) is 6.08 Å². The molecule has 144 valence electrons. The van der Waals surface area contributed by atoms with E-state index >= 15 is 0 Å². The molecule has 1 heterocycles. The van der Waals surface area contributed by atoms with Crippen molar-refractivity contribution in [3.05, 3.63) is 83.5 Å². The average Bonchev–Trinajstić information content (AvgIpc) is 2.65. The highest BCUT2D eigenvalue weighted by molar-refractivity contribution is 5.98. The molecular weight excluding hydrogens is 356 g/mol. The molecule has 3 rings (SSSR count). The van der Waals surface area contributed by atoms with Gasteiger partial charge in [0.1, 0.15) is 23.2 Å². The summed E-state index contributed by atoms with van der Waals surface area (Å²) >= 11 is 0. The van der Waals surface area contributed by atoms with E-state index in [0.29, 0.717) is 6.42 Å². The van der Waals surface area contributed by atoms with Crippen LogP contribution in [0.1, 0.15) is 46.9 Å². The van der Waals surface area contributed by atoms with E-state index in [-0.39, 0.29) is 29.1 Å². The van der Waals surface area contributed by atoms with Gasteiger partial charge >= 0.3 is 5.97 Å². The first kappa shape index (κ1) is 19.4. The topological polar surface area (TPSA) is 83.8 Å². The summed E-state index contributed by atoms with van der Waals surface area (Å²) in [5.74, 6) is -1.58. The van der Waals surface area contributed by atoms with E-state index in [4.69, 9.17) is 4.74 Å². The van der Waals surface area contributed by atoms with Gasteiger partial charge in [0.2, 0.25) is 0 Å². The van der Waals surface area contributed by atoms with E-state index in [0.717, 1.165) is 24.5 Å². The fourth-order valence-corrected chi connectivity index (χ4v) is 3.14. The van der Waals surface area contributed by atoms with Crippen LogP contribution in [0.3, 0.4) is 0 Å². The standard InChI is InChI=1S/C23H22O5/c24-18-11-7-2-1-3-8-12-21(16-9-5-4-6-10-16)28-23(27)22-17(13-18)14-19(25)15-20(22)26/h3-11,14-15,21,25-26H,1-2,12-13H2/b8-3+,11-7+/t21-/m0/s1. The lowest BCUT2D eigenvalue weighted by molar-refractivity contribution is -0.114. The fraction of sp³-hybridized carbons (Fsp3) is 0.217. The lowest BCUT2D eigenvalue weighted by Gasteiger charge is -2.19. The van der Waals surface area contributed by atoms with Gasteiger partial charge in [-0.2, -0.15) is 0 Å². The monoisotopic (exact) mass is 378 g/mol. The van der Waals surface area contributed by atoms with Gasteiger partial charge in [-0.25, -0.2) is 4.79 Å². The number of ketones is 1. The van der Waals surface area contributed by atoms with Gasteiger partial charge in [-0.15, -0.1) is 0 Å². The summed E-state index contributed by atoms with van der Waals surface area (Å²) in [6.45, 7) is 0. The molecule has 0 aliphatic carbocycles. The van der Waals surface area contributed by atoms with Crippen LogP contribution in [-0.4, -0.2) is 22.0 Å². The van der Waals surface area contributed by atoms with Gasteiger partial charge in [-0.1, -0.05) is 48.6 Å². The lowest BCUT2D eigenvalue weighted by Crippen LogP contribution is -2.15. The van der Waals surface area contributed by atoms with E-state index in [1.807, 2.05) is 42.5 Å². The SMILES string of the molecule is O=C1/C=C/CC/C=C/C[C@@H](c2ccccc2)OC(=O)c2c(O)cc(O)cc2C1. The quantitative estimate of drug-likeness (QED) is 0.567. The molecule has 28 heavy (non-hydrogen) atoms. The van der Waals surface area contributed by atoms with Crippen LogP contribution >= 0.6 is 0 Å². The third kappa shape index (κ3) is 4.88. The van der Waals surface area contributed by atoms with Gasteiger partial charge in [0.15, 0.2) is 5.78 Å². The fourth-order valence-electron chi connectivity index (χ4n) is 3.14. The summed E-state index contributed by atoms with van der Waals surface area (Å²) in [6, 6.07) is 11.7. The van der Waals surface area contributed by atoms with Crippen LogP contribution < -0.4 is 0 Å². The first-order chi connectivity index (χ1) is 13.5. The second-order valence-electron chi connectivity index (χ2n) is 6.63. The Hall–Kier alpha value is -3.34. The number of aromatic hydroxyl groups is 2. The maximum atomic E-state index is 12.9. The van der Waals surface area contributed by atoms with Gasteiger partial charge in [-0.3, -0.25) is 4.79 Å². The molecule has 0 spiro atoms. The molecule has 1 aliphatic heterocycles. The van der Waals surface area contributed by atoms with Crippen molar-refractivity contribution >= 4 is 11.8 Å². The summed E-state index contributed by atoms with van der Waals surface area (Å²) in [7, 11) is 0. The summed E-state index contributed by atoms with van der Waals surface area (Å²) < 4.78 is 5.70. The molecule has 0 saturated carbocycles. The minimum Gasteiger partial charge on any atom is -0.508 e. The zero-order chi connectivity index (χ0) is 19.9. The Morgan fingerprint density at radius 2 is 1.68 bits per heavy atom. The predicted octanol–water partition coefficient (Wildman–Crippen LogP) is 4.40. The molecule has 2 N–H and O–H groups in total. The second-order valence-corrected chi connectivity index (χ2v) is 6.63. The Labute approximate surface area is 163 Å². The van der Waals surface area contributed by atoms with Crippen molar-refractivity contribution in [1.29, 1.82) is 0 Å². The Bertz CT molecular complexity index is 912. The number of cyclic esters (lactones) is 1. The van der Waals surface area contributed by atoms with E-state index < -0.39 is 17.8 Å². The molecule has 0 unspecified atom stereocenters. The molecule has 0 saturated heterocycles. The molecule has 1 atom stereocenters. The van der Waals surface area contributed by atoms with Crippen molar-refractivity contribution in [2.45, 2.75) is 31.8 Å². The Balaban J connectivity index is 2.01. The van der Waals surface area contributed by atoms with Crippen LogP contribution in [0.15, 0.2) is 66.8 Å². The van der Waals surface area contributed by atoms with Gasteiger partial charge in [0.05, 0.1) is 0 Å². The number of ether oxygens (including phenoxy) is 1. The number of allylic oxidation sites excluding steroid dienone is 3. The molecule has 5 heteroatoms. The Morgan fingerprint density at radius 3 is 2.46 bits per heavy atom. The summed E-state index contributed by atoms with van der Waals surface area (Å²) in [4.78, 5) is 25.1. The molecule has 0 amide bonds. The molecule has 2 aromatic rings. The number of phenolic OH excluding ortho intramolecular Hbond substituents is 2. The molecule has 0 radical (unpaired) electrons. The number of esters is 1. The van der Waals surface area contributed by atoms with Crippen LogP contribution in [0, 0.1) is 0 Å². The molecule has 0 fully saturated rings. The second kappa shape index (κ2) is 9.04. The van der Waals surface area contributed by atoms with E-state index in [1.165, 1.54) is 12.1 Å². The summed E-state index contributed by atoms with van der Waals surface area (Å²) in [5, 5.41) is 20.0. The number of benzene rings is 2. The van der Waals surface area contributed by atoms with Crippen LogP contribution in [0.5, 0.6) is 11.5 Å². The molecule has 0 aromatic heterocycles. The van der Waals surface area contributed by atoms with Crippen LogP contribution in [0.4, 0.5) is 0 Å².